The Morgan fingerprint density at radius 1 is 1.21 bits per heavy atom. The summed E-state index contributed by atoms with van der Waals surface area (Å²) in [6, 6.07) is 9.78. The third-order valence-electron chi connectivity index (χ3n) is 6.91. The van der Waals surface area contributed by atoms with Crippen molar-refractivity contribution in [2.45, 2.75) is 50.6 Å². The first-order valence-electron chi connectivity index (χ1n) is 10.9. The second-order valence-corrected chi connectivity index (χ2v) is 9.54. The first kappa shape index (κ1) is 19.2. The molecule has 1 atom stereocenters. The maximum Gasteiger partial charge on any atom is 0.228 e. The van der Waals surface area contributed by atoms with Crippen LogP contribution in [0.2, 0.25) is 0 Å². The number of carbonyl (C=O) groups excluding carboxylic acids is 1. The monoisotopic (exact) mass is 410 g/mol. The molecule has 0 N–H and O–H groups in total. The van der Waals surface area contributed by atoms with E-state index >= 15 is 0 Å². The minimum Gasteiger partial charge on any atom is -0.341 e. The van der Waals surface area contributed by atoms with E-state index in [4.69, 9.17) is 0 Å². The van der Waals surface area contributed by atoms with Crippen LogP contribution in [0.25, 0.3) is 0 Å². The molecule has 1 saturated heterocycles. The summed E-state index contributed by atoms with van der Waals surface area (Å²) in [7, 11) is 2.01. The molecule has 1 unspecified atom stereocenters. The summed E-state index contributed by atoms with van der Waals surface area (Å²) in [5.41, 5.74) is 4.15. The van der Waals surface area contributed by atoms with Gasteiger partial charge < -0.3 is 9.80 Å². The van der Waals surface area contributed by atoms with Crippen molar-refractivity contribution in [2.75, 3.05) is 33.2 Å². The van der Waals surface area contributed by atoms with Crippen molar-refractivity contribution in [1.29, 1.82) is 0 Å². The van der Waals surface area contributed by atoms with E-state index < -0.39 is 0 Å². The highest BCUT2D eigenvalue weighted by atomic mass is 32.2. The summed E-state index contributed by atoms with van der Waals surface area (Å²) < 4.78 is 0. The molecule has 1 amide bonds. The third kappa shape index (κ3) is 3.84. The van der Waals surface area contributed by atoms with E-state index in [9.17, 15) is 4.79 Å². The van der Waals surface area contributed by atoms with Gasteiger partial charge in [0.2, 0.25) is 5.91 Å². The lowest BCUT2D eigenvalue weighted by Crippen LogP contribution is -2.52. The van der Waals surface area contributed by atoms with Gasteiger partial charge in [-0.15, -0.1) is 0 Å². The van der Waals surface area contributed by atoms with E-state index in [1.807, 2.05) is 11.9 Å². The van der Waals surface area contributed by atoms with Gasteiger partial charge in [0, 0.05) is 44.5 Å². The second kappa shape index (κ2) is 8.15. The SMILES string of the molecule is CN(C(=O)CC1=CSC2=NCCCN12)C1CCCN(C2Cc3ccccc3C2)C1. The van der Waals surface area contributed by atoms with Crippen LogP contribution in [0, 0.1) is 0 Å². The number of likely N-dealkylation sites (tertiary alicyclic amines) is 1. The number of rotatable bonds is 4. The van der Waals surface area contributed by atoms with Gasteiger partial charge in [-0.3, -0.25) is 14.7 Å². The number of piperidine rings is 1. The Morgan fingerprint density at radius 2 is 2.00 bits per heavy atom. The van der Waals surface area contributed by atoms with Crippen molar-refractivity contribution >= 4 is 22.8 Å². The van der Waals surface area contributed by atoms with Crippen LogP contribution in [0.15, 0.2) is 40.4 Å². The van der Waals surface area contributed by atoms with Crippen LogP contribution >= 0.6 is 11.8 Å². The average molecular weight is 411 g/mol. The number of aliphatic imine (C=N–C) groups is 1. The van der Waals surface area contributed by atoms with E-state index in [0.29, 0.717) is 18.5 Å². The molecule has 6 heteroatoms. The molecule has 1 aromatic rings. The summed E-state index contributed by atoms with van der Waals surface area (Å²) in [6.45, 7) is 4.07. The number of likely N-dealkylation sites (N-methyl/N-ethyl adjacent to an activating group) is 1. The van der Waals surface area contributed by atoms with Crippen LogP contribution in [0.4, 0.5) is 0 Å². The smallest absolute Gasteiger partial charge is 0.228 e. The fraction of sp³-hybridized carbons (Fsp3) is 0.565. The molecular formula is C23H30N4OS. The molecule has 0 radical (unpaired) electrons. The van der Waals surface area contributed by atoms with Crippen LogP contribution in [0.3, 0.4) is 0 Å². The summed E-state index contributed by atoms with van der Waals surface area (Å²) >= 11 is 1.67. The van der Waals surface area contributed by atoms with Gasteiger partial charge in [0.05, 0.1) is 6.42 Å². The van der Waals surface area contributed by atoms with Crippen LogP contribution in [-0.2, 0) is 17.6 Å². The normalized spacial score (nSPS) is 24.7. The Morgan fingerprint density at radius 3 is 2.79 bits per heavy atom. The minimum atomic E-state index is 0.241. The Hall–Kier alpha value is -1.79. The Balaban J connectivity index is 1.19. The van der Waals surface area contributed by atoms with Gasteiger partial charge in [0.25, 0.3) is 0 Å². The lowest BCUT2D eigenvalue weighted by molar-refractivity contribution is -0.132. The summed E-state index contributed by atoms with van der Waals surface area (Å²) in [5.74, 6) is 0.241. The zero-order chi connectivity index (χ0) is 19.8. The minimum absolute atomic E-state index is 0.241. The molecule has 154 valence electrons. The van der Waals surface area contributed by atoms with Crippen molar-refractivity contribution in [3.8, 4) is 0 Å². The second-order valence-electron chi connectivity index (χ2n) is 8.70. The van der Waals surface area contributed by atoms with Gasteiger partial charge in [0.1, 0.15) is 0 Å². The molecular weight excluding hydrogens is 380 g/mol. The molecule has 5 rings (SSSR count). The zero-order valence-electron chi connectivity index (χ0n) is 17.2. The van der Waals surface area contributed by atoms with Crippen molar-refractivity contribution in [1.82, 2.24) is 14.7 Å². The van der Waals surface area contributed by atoms with Crippen LogP contribution in [0.1, 0.15) is 36.8 Å². The van der Waals surface area contributed by atoms with Crippen molar-refractivity contribution < 1.29 is 4.79 Å². The standard InChI is InChI=1S/C23H30N4OS/c1-25(22(28)14-21-16-29-23-24-9-5-11-27(21)23)19-8-4-10-26(15-19)20-12-17-6-2-3-7-18(17)13-20/h2-3,6-7,16,19-20H,4-5,8-15H2,1H3. The average Bonchev–Trinajstić information content (AvgIpc) is 3.38. The van der Waals surface area contributed by atoms with Gasteiger partial charge in [-0.2, -0.15) is 0 Å². The summed E-state index contributed by atoms with van der Waals surface area (Å²) in [4.78, 5) is 24.5. The van der Waals surface area contributed by atoms with Crippen LogP contribution < -0.4 is 0 Å². The molecule has 1 aliphatic carbocycles. The molecule has 0 saturated carbocycles. The van der Waals surface area contributed by atoms with Crippen molar-refractivity contribution in [2.24, 2.45) is 4.99 Å². The molecule has 1 aromatic carbocycles. The topological polar surface area (TPSA) is 39.2 Å². The molecule has 3 aliphatic heterocycles. The molecule has 0 aromatic heterocycles. The Labute approximate surface area is 177 Å². The van der Waals surface area contributed by atoms with Gasteiger partial charge >= 0.3 is 0 Å². The third-order valence-corrected chi connectivity index (χ3v) is 7.86. The quantitative estimate of drug-likeness (QED) is 0.765. The van der Waals surface area contributed by atoms with Crippen molar-refractivity contribution in [3.63, 3.8) is 0 Å². The number of hydrogen-bond donors (Lipinski definition) is 0. The highest BCUT2D eigenvalue weighted by molar-refractivity contribution is 8.16. The summed E-state index contributed by atoms with van der Waals surface area (Å²) in [5, 5.41) is 3.20. The number of nitrogens with zero attached hydrogens (tertiary/aromatic N) is 4. The predicted octanol–water partition coefficient (Wildman–Crippen LogP) is 3.12. The first-order chi connectivity index (χ1) is 14.2. The largest absolute Gasteiger partial charge is 0.341 e. The van der Waals surface area contributed by atoms with Gasteiger partial charge in [0.15, 0.2) is 5.17 Å². The molecule has 29 heavy (non-hydrogen) atoms. The van der Waals surface area contributed by atoms with E-state index in [-0.39, 0.29) is 5.91 Å². The number of fused-ring (bicyclic) bond motifs is 2. The fourth-order valence-electron chi connectivity index (χ4n) is 5.18. The van der Waals surface area contributed by atoms with Gasteiger partial charge in [-0.05, 0) is 55.2 Å². The molecule has 1 fully saturated rings. The Bertz CT molecular complexity index is 826. The van der Waals surface area contributed by atoms with Crippen molar-refractivity contribution in [3.05, 3.63) is 46.5 Å². The predicted molar refractivity (Wildman–Crippen MR) is 119 cm³/mol. The number of amidine groups is 1. The maximum absolute atomic E-state index is 13.1. The number of carbonyl (C=O) groups is 1. The number of benzene rings is 1. The molecule has 5 nitrogen and oxygen atoms in total. The van der Waals surface area contributed by atoms with E-state index in [0.717, 1.165) is 62.7 Å². The Kier molecular flexibility index (Phi) is 5.39. The first-order valence-corrected chi connectivity index (χ1v) is 11.8. The number of hydrogen-bond acceptors (Lipinski definition) is 5. The van der Waals surface area contributed by atoms with E-state index in [1.54, 1.807) is 11.8 Å². The highest BCUT2D eigenvalue weighted by Gasteiger charge is 2.34. The number of thioether (sulfide) groups is 1. The lowest BCUT2D eigenvalue weighted by atomic mass is 10.0. The summed E-state index contributed by atoms with van der Waals surface area (Å²) in [6.07, 6.45) is 6.17. The van der Waals surface area contributed by atoms with Gasteiger partial charge in [-0.1, -0.05) is 36.0 Å². The highest BCUT2D eigenvalue weighted by Crippen LogP contribution is 2.32. The van der Waals surface area contributed by atoms with E-state index in [2.05, 4.69) is 44.5 Å². The van der Waals surface area contributed by atoms with Crippen LogP contribution in [-0.4, -0.2) is 71.1 Å². The van der Waals surface area contributed by atoms with Gasteiger partial charge in [-0.25, -0.2) is 0 Å². The lowest BCUT2D eigenvalue weighted by Gasteiger charge is -2.40. The molecule has 0 bridgehead atoms. The zero-order valence-corrected chi connectivity index (χ0v) is 18.0. The maximum atomic E-state index is 13.1. The molecule has 3 heterocycles. The molecule has 0 spiro atoms. The van der Waals surface area contributed by atoms with E-state index in [1.165, 1.54) is 17.5 Å². The molecule has 4 aliphatic rings. The fourth-order valence-corrected chi connectivity index (χ4v) is 6.14. The number of amides is 1. The van der Waals surface area contributed by atoms with Crippen LogP contribution in [0.5, 0.6) is 0 Å².